The summed E-state index contributed by atoms with van der Waals surface area (Å²) in [5.41, 5.74) is 13.3. The molecule has 0 unspecified atom stereocenters. The molecule has 0 radical (unpaired) electrons. The van der Waals surface area contributed by atoms with Gasteiger partial charge in [0.1, 0.15) is 22.3 Å². The van der Waals surface area contributed by atoms with Gasteiger partial charge in [-0.25, -0.2) is 15.0 Å². The lowest BCUT2D eigenvalue weighted by Gasteiger charge is -2.21. The second-order valence-electron chi connectivity index (χ2n) is 19.8. The number of benzene rings is 11. The lowest BCUT2D eigenvalue weighted by Crippen LogP contribution is -2.04. The topological polar surface area (TPSA) is 69.9 Å². The molecule has 0 fully saturated rings. The summed E-state index contributed by atoms with van der Waals surface area (Å²) in [4.78, 5) is 16.1. The summed E-state index contributed by atoms with van der Waals surface area (Å²) in [5, 5.41) is 11.9. The highest BCUT2D eigenvalue weighted by Gasteiger charge is 2.26. The van der Waals surface area contributed by atoms with Gasteiger partial charge in [0, 0.05) is 100 Å². The highest BCUT2D eigenvalue weighted by molar-refractivity contribution is 7.30. The fourth-order valence-electron chi connectivity index (χ4n) is 12.0. The summed E-state index contributed by atoms with van der Waals surface area (Å²) in [7, 11) is 0. The molecule has 17 rings (SSSR count). The van der Waals surface area contributed by atoms with Crippen molar-refractivity contribution in [1.29, 1.82) is 0 Å². The normalized spacial score (nSPS) is 12.2. The molecule has 358 valence electrons. The Labute approximate surface area is 447 Å². The van der Waals surface area contributed by atoms with Gasteiger partial charge < -0.3 is 13.4 Å². The molecular weight excluding hydrogens is 981 g/mol. The van der Waals surface area contributed by atoms with Gasteiger partial charge in [0.05, 0.1) is 16.7 Å². The number of aromatic nitrogens is 4. The van der Waals surface area contributed by atoms with E-state index in [-0.39, 0.29) is 0 Å². The molecule has 6 heterocycles. The van der Waals surface area contributed by atoms with Gasteiger partial charge in [-0.1, -0.05) is 158 Å². The minimum absolute atomic E-state index is 0.533. The molecule has 6 nitrogen and oxygen atoms in total. The van der Waals surface area contributed by atoms with Crippen LogP contribution in [0.25, 0.3) is 168 Å². The zero-order valence-corrected chi connectivity index (χ0v) is 42.5. The van der Waals surface area contributed by atoms with Gasteiger partial charge in [0.25, 0.3) is 0 Å². The molecule has 0 aliphatic carbocycles. The van der Waals surface area contributed by atoms with E-state index in [1.807, 2.05) is 59.1 Å². The quantitative estimate of drug-likeness (QED) is 0.166. The van der Waals surface area contributed by atoms with Gasteiger partial charge in [-0.05, 0) is 83.9 Å². The first-order valence-corrected chi connectivity index (χ1v) is 27.4. The molecule has 0 saturated carbocycles. The second kappa shape index (κ2) is 16.4. The third-order valence-electron chi connectivity index (χ3n) is 15.5. The summed E-state index contributed by atoms with van der Waals surface area (Å²) in [6, 6.07) is 82.0. The van der Waals surface area contributed by atoms with Crippen molar-refractivity contribution in [1.82, 2.24) is 19.5 Å². The van der Waals surface area contributed by atoms with Gasteiger partial charge in [-0.15, -0.1) is 22.7 Å². The van der Waals surface area contributed by atoms with E-state index in [2.05, 4.69) is 199 Å². The molecule has 0 aliphatic rings. The van der Waals surface area contributed by atoms with Gasteiger partial charge in [0.2, 0.25) is 0 Å². The summed E-state index contributed by atoms with van der Waals surface area (Å²) in [5.74, 6) is 1.61. The average molecular weight is 1020 g/mol. The molecule has 0 saturated heterocycles. The molecule has 0 aliphatic heterocycles. The van der Waals surface area contributed by atoms with Gasteiger partial charge in [-0.2, -0.15) is 0 Å². The summed E-state index contributed by atoms with van der Waals surface area (Å²) in [6.07, 6.45) is 0. The van der Waals surface area contributed by atoms with E-state index < -0.39 is 0 Å². The molecule has 0 spiro atoms. The van der Waals surface area contributed by atoms with E-state index in [4.69, 9.17) is 23.8 Å². The number of para-hydroxylation sites is 3. The molecule has 0 amide bonds. The molecule has 0 N–H and O–H groups in total. The van der Waals surface area contributed by atoms with E-state index in [1.165, 1.54) is 51.1 Å². The maximum Gasteiger partial charge on any atom is 0.164 e. The zero-order chi connectivity index (χ0) is 50.3. The summed E-state index contributed by atoms with van der Waals surface area (Å²) >= 11 is 3.80. The first-order chi connectivity index (χ1) is 38.1. The van der Waals surface area contributed by atoms with Crippen LogP contribution in [0.1, 0.15) is 0 Å². The lowest BCUT2D eigenvalue weighted by molar-refractivity contribution is 0.668. The van der Waals surface area contributed by atoms with Crippen LogP contribution in [0, 0.1) is 0 Å². The van der Waals surface area contributed by atoms with Crippen molar-refractivity contribution in [2.24, 2.45) is 0 Å². The van der Waals surface area contributed by atoms with Crippen molar-refractivity contribution >= 4 is 129 Å². The van der Waals surface area contributed by atoms with Crippen molar-refractivity contribution in [3.8, 4) is 62.1 Å². The van der Waals surface area contributed by atoms with E-state index >= 15 is 0 Å². The predicted molar refractivity (Wildman–Crippen MR) is 322 cm³/mol. The van der Waals surface area contributed by atoms with Crippen molar-refractivity contribution in [3.63, 3.8) is 0 Å². The molecule has 17 aromatic rings. The van der Waals surface area contributed by atoms with Gasteiger partial charge >= 0.3 is 0 Å². The van der Waals surface area contributed by atoms with Crippen LogP contribution in [-0.4, -0.2) is 19.5 Å². The maximum atomic E-state index is 6.44. The SMILES string of the molecule is c1ccc(-c2cc(-c3nc(-c4ccc5c(c4)oc4ccccc45)nc(-c4ccc5c(c4)oc4ccccc45)n3)cc(-c3ccccc3)c2-n2c3ccccc3c3c4sc5c(ccc6sc7ccccc7c65)c4ccc32)cc1. The largest absolute Gasteiger partial charge is 0.456 e. The highest BCUT2D eigenvalue weighted by Crippen LogP contribution is 2.50. The number of thiophene rings is 2. The monoisotopic (exact) mass is 1020 g/mol. The Balaban J connectivity index is 0.943. The number of furan rings is 2. The first-order valence-electron chi connectivity index (χ1n) is 25.7. The summed E-state index contributed by atoms with van der Waals surface area (Å²) < 4.78 is 20.7. The number of rotatable bonds is 6. The van der Waals surface area contributed by atoms with Gasteiger partial charge in [-0.3, -0.25) is 0 Å². The smallest absolute Gasteiger partial charge is 0.164 e. The molecule has 0 bridgehead atoms. The predicted octanol–water partition coefficient (Wildman–Crippen LogP) is 19.8. The lowest BCUT2D eigenvalue weighted by atomic mass is 9.92. The third kappa shape index (κ3) is 6.43. The summed E-state index contributed by atoms with van der Waals surface area (Å²) in [6.45, 7) is 0. The average Bonchev–Trinajstić information content (AvgIpc) is 4.45. The van der Waals surface area contributed by atoms with Crippen LogP contribution in [-0.2, 0) is 0 Å². The molecule has 77 heavy (non-hydrogen) atoms. The molecule has 0 atom stereocenters. The Morgan fingerprint density at radius 1 is 0.299 bits per heavy atom. The Morgan fingerprint density at radius 2 is 0.779 bits per heavy atom. The van der Waals surface area contributed by atoms with Crippen LogP contribution in [0.4, 0.5) is 0 Å². The zero-order valence-electron chi connectivity index (χ0n) is 40.9. The number of hydrogen-bond acceptors (Lipinski definition) is 7. The molecule has 8 heteroatoms. The Kier molecular flexibility index (Phi) is 9.07. The van der Waals surface area contributed by atoms with Crippen molar-refractivity contribution in [2.45, 2.75) is 0 Å². The number of hydrogen-bond donors (Lipinski definition) is 0. The van der Waals surface area contributed by atoms with Crippen LogP contribution in [0.2, 0.25) is 0 Å². The van der Waals surface area contributed by atoms with E-state index in [0.29, 0.717) is 17.5 Å². The number of nitrogens with zero attached hydrogens (tertiary/aromatic N) is 4. The van der Waals surface area contributed by atoms with E-state index in [1.54, 1.807) is 0 Å². The van der Waals surface area contributed by atoms with Crippen LogP contribution in [0.15, 0.2) is 239 Å². The van der Waals surface area contributed by atoms with Crippen molar-refractivity contribution in [3.05, 3.63) is 231 Å². The fraction of sp³-hybridized carbons (Fsp3) is 0. The maximum absolute atomic E-state index is 6.44. The molecular formula is C69H38N4O2S2. The van der Waals surface area contributed by atoms with Crippen molar-refractivity contribution in [2.75, 3.05) is 0 Å². The minimum Gasteiger partial charge on any atom is -0.456 e. The third-order valence-corrected chi connectivity index (χ3v) is 17.8. The van der Waals surface area contributed by atoms with Crippen LogP contribution < -0.4 is 0 Å². The van der Waals surface area contributed by atoms with Crippen LogP contribution in [0.5, 0.6) is 0 Å². The Hall–Kier alpha value is -9.73. The van der Waals surface area contributed by atoms with Crippen molar-refractivity contribution < 1.29 is 8.83 Å². The van der Waals surface area contributed by atoms with E-state index in [9.17, 15) is 0 Å². The fourth-order valence-corrected chi connectivity index (χ4v) is 14.6. The molecule has 11 aromatic carbocycles. The first kappa shape index (κ1) is 42.6. The van der Waals surface area contributed by atoms with Crippen LogP contribution in [0.3, 0.4) is 0 Å². The minimum atomic E-state index is 0.533. The van der Waals surface area contributed by atoms with E-state index in [0.717, 1.165) is 99.5 Å². The number of fused-ring (bicyclic) bond motifs is 17. The Morgan fingerprint density at radius 3 is 1.40 bits per heavy atom. The van der Waals surface area contributed by atoms with Crippen LogP contribution >= 0.6 is 22.7 Å². The molecule has 6 aromatic heterocycles. The second-order valence-corrected chi connectivity index (χ2v) is 21.9. The standard InChI is InChI=1S/C69H38N4O2S2/c1-3-15-39(16-4-1)52-35-43(69-71-67(41-27-29-46-44-19-8-12-24-56(44)74-58(46)37-41)70-68(72-69)42-28-30-47-45-20-9-13-25-57(45)75-59(47)38-42)36-53(40-17-5-2-6-18-40)64(52)73-54-23-11-7-21-50(54)62-55(73)33-31-48-49-32-34-61-63(66(49)77-65(48)62)51-22-10-14-26-60(51)76-61/h1-38H. The highest BCUT2D eigenvalue weighted by atomic mass is 32.1. The Bertz CT molecular complexity index is 5100. The van der Waals surface area contributed by atoms with Gasteiger partial charge in [0.15, 0.2) is 17.5 Å².